The van der Waals surface area contributed by atoms with Crippen LogP contribution in [0.15, 0.2) is 23.1 Å². The average molecular weight is 312 g/mol. The van der Waals surface area contributed by atoms with Gasteiger partial charge in [0, 0.05) is 13.1 Å². The molecule has 0 spiro atoms. The van der Waals surface area contributed by atoms with Crippen LogP contribution in [-0.4, -0.2) is 44.9 Å². The second-order valence-corrected chi connectivity index (χ2v) is 6.84. The minimum atomic E-state index is -3.77. The fourth-order valence-corrected chi connectivity index (χ4v) is 4.39. The van der Waals surface area contributed by atoms with Crippen molar-refractivity contribution < 1.29 is 17.9 Å². The number of hydrogen-bond acceptors (Lipinski definition) is 4. The minimum absolute atomic E-state index is 0.109. The van der Waals surface area contributed by atoms with E-state index in [4.69, 9.17) is 4.74 Å². The Kier molecular flexibility index (Phi) is 4.53. The van der Waals surface area contributed by atoms with Crippen LogP contribution in [0.3, 0.4) is 0 Å². The number of aryl methyl sites for hydroxylation is 1. The molecule has 0 saturated carbocycles. The molecule has 21 heavy (non-hydrogen) atoms. The van der Waals surface area contributed by atoms with Crippen LogP contribution in [0.1, 0.15) is 18.9 Å². The summed E-state index contributed by atoms with van der Waals surface area (Å²) in [5.74, 6) is 0.0420. The first-order valence-corrected chi connectivity index (χ1v) is 8.30. The van der Waals surface area contributed by atoms with Gasteiger partial charge in [-0.15, -0.1) is 0 Å². The number of carbonyl (C=O) groups excluding carboxylic acids is 1. The molecule has 1 aromatic carbocycles. The third-order valence-corrected chi connectivity index (χ3v) is 5.50. The van der Waals surface area contributed by atoms with Gasteiger partial charge in [0.25, 0.3) is 0 Å². The van der Waals surface area contributed by atoms with Crippen LogP contribution >= 0.6 is 0 Å². The molecular weight excluding hydrogens is 292 g/mol. The van der Waals surface area contributed by atoms with Crippen LogP contribution in [-0.2, 0) is 14.8 Å². The minimum Gasteiger partial charge on any atom is -0.495 e. The molecule has 1 saturated heterocycles. The highest BCUT2D eigenvalue weighted by molar-refractivity contribution is 7.89. The number of sulfonamides is 1. The molecule has 1 fully saturated rings. The lowest BCUT2D eigenvalue weighted by Crippen LogP contribution is -2.56. The number of amides is 1. The summed E-state index contributed by atoms with van der Waals surface area (Å²) in [4.78, 5) is 12.0. The molecule has 1 amide bonds. The number of methoxy groups -OCH3 is 1. The van der Waals surface area contributed by atoms with E-state index in [-0.39, 0.29) is 17.3 Å². The summed E-state index contributed by atoms with van der Waals surface area (Å²) in [7, 11) is -2.34. The van der Waals surface area contributed by atoms with Crippen LogP contribution in [0.5, 0.6) is 5.75 Å². The van der Waals surface area contributed by atoms with Gasteiger partial charge in [0.15, 0.2) is 0 Å². The zero-order chi connectivity index (χ0) is 15.6. The van der Waals surface area contributed by atoms with Gasteiger partial charge >= 0.3 is 0 Å². The molecule has 1 N–H and O–H groups in total. The molecule has 1 aliphatic rings. The van der Waals surface area contributed by atoms with Crippen LogP contribution < -0.4 is 10.1 Å². The Labute approximate surface area is 125 Å². The van der Waals surface area contributed by atoms with Crippen LogP contribution in [0.4, 0.5) is 0 Å². The van der Waals surface area contributed by atoms with Crippen LogP contribution in [0, 0.1) is 6.92 Å². The average Bonchev–Trinajstić information content (AvgIpc) is 2.46. The highest BCUT2D eigenvalue weighted by Crippen LogP contribution is 2.29. The van der Waals surface area contributed by atoms with E-state index in [1.165, 1.54) is 11.4 Å². The Bertz CT molecular complexity index is 642. The van der Waals surface area contributed by atoms with Crippen molar-refractivity contribution >= 4 is 15.9 Å². The molecule has 116 valence electrons. The molecule has 1 aliphatic heterocycles. The predicted molar refractivity (Wildman–Crippen MR) is 78.7 cm³/mol. The number of nitrogens with one attached hydrogen (secondary N) is 1. The summed E-state index contributed by atoms with van der Waals surface area (Å²) in [5, 5.41) is 2.70. The fourth-order valence-electron chi connectivity index (χ4n) is 2.48. The lowest BCUT2D eigenvalue weighted by molar-refractivity contribution is -0.126. The molecule has 0 aliphatic carbocycles. The van der Waals surface area contributed by atoms with E-state index >= 15 is 0 Å². The lowest BCUT2D eigenvalue weighted by Gasteiger charge is -2.33. The van der Waals surface area contributed by atoms with Crippen molar-refractivity contribution in [2.24, 2.45) is 0 Å². The number of ether oxygens (including phenoxy) is 1. The summed E-state index contributed by atoms with van der Waals surface area (Å²) < 4.78 is 32.2. The molecule has 0 radical (unpaired) electrons. The van der Waals surface area contributed by atoms with Gasteiger partial charge in [0.05, 0.1) is 7.11 Å². The molecular formula is C14H20N2O4S. The Morgan fingerprint density at radius 1 is 1.43 bits per heavy atom. The molecule has 0 aromatic heterocycles. The summed E-state index contributed by atoms with van der Waals surface area (Å²) in [6.45, 7) is 4.20. The van der Waals surface area contributed by atoms with Gasteiger partial charge < -0.3 is 10.1 Å². The van der Waals surface area contributed by atoms with E-state index in [1.807, 2.05) is 6.92 Å². The first kappa shape index (κ1) is 15.8. The molecule has 1 heterocycles. The van der Waals surface area contributed by atoms with Crippen LogP contribution in [0.25, 0.3) is 0 Å². The maximum atomic E-state index is 12.9. The monoisotopic (exact) mass is 312 g/mol. The second kappa shape index (κ2) is 6.03. The van der Waals surface area contributed by atoms with Crippen molar-refractivity contribution in [2.75, 3.05) is 20.2 Å². The van der Waals surface area contributed by atoms with E-state index in [1.54, 1.807) is 25.1 Å². The molecule has 2 rings (SSSR count). The highest BCUT2D eigenvalue weighted by atomic mass is 32.2. The summed E-state index contributed by atoms with van der Waals surface area (Å²) in [5.41, 5.74) is 0.823. The van der Waals surface area contributed by atoms with Gasteiger partial charge in [-0.3, -0.25) is 4.79 Å². The normalized spacial score (nSPS) is 20.1. The number of piperazine rings is 1. The lowest BCUT2D eigenvalue weighted by atomic mass is 10.2. The van der Waals surface area contributed by atoms with Crippen molar-refractivity contribution in [3.8, 4) is 5.75 Å². The van der Waals surface area contributed by atoms with Crippen molar-refractivity contribution in [2.45, 2.75) is 31.2 Å². The third kappa shape index (κ3) is 2.89. The second-order valence-electron chi connectivity index (χ2n) is 4.99. The molecule has 0 bridgehead atoms. The van der Waals surface area contributed by atoms with Gasteiger partial charge in [-0.2, -0.15) is 4.31 Å². The maximum Gasteiger partial charge on any atom is 0.247 e. The number of hydrogen-bond donors (Lipinski definition) is 1. The molecule has 1 aromatic rings. The van der Waals surface area contributed by atoms with Gasteiger partial charge in [0.2, 0.25) is 15.9 Å². The van der Waals surface area contributed by atoms with E-state index < -0.39 is 16.1 Å². The third-order valence-electron chi connectivity index (χ3n) is 3.57. The quantitative estimate of drug-likeness (QED) is 0.896. The topological polar surface area (TPSA) is 75.7 Å². The van der Waals surface area contributed by atoms with E-state index in [0.717, 1.165) is 5.56 Å². The molecule has 1 unspecified atom stereocenters. The molecule has 1 atom stereocenters. The first-order valence-electron chi connectivity index (χ1n) is 6.86. The van der Waals surface area contributed by atoms with Crippen molar-refractivity contribution in [3.05, 3.63) is 23.8 Å². The first-order chi connectivity index (χ1) is 9.91. The Morgan fingerprint density at radius 2 is 2.14 bits per heavy atom. The zero-order valence-corrected chi connectivity index (χ0v) is 13.2. The summed E-state index contributed by atoms with van der Waals surface area (Å²) >= 11 is 0. The summed E-state index contributed by atoms with van der Waals surface area (Å²) in [6, 6.07) is 4.33. The van der Waals surface area contributed by atoms with Crippen molar-refractivity contribution in [1.82, 2.24) is 9.62 Å². The standard InChI is InChI=1S/C14H20N2O4S/c1-4-11-14(17)15-7-8-16(11)21(18,19)13-9-10(2)5-6-12(13)20-3/h5-6,9,11H,4,7-8H2,1-3H3,(H,15,17). The maximum absolute atomic E-state index is 12.9. The SMILES string of the molecule is CCC1C(=O)NCCN1S(=O)(=O)c1cc(C)ccc1OC. The number of rotatable bonds is 4. The number of carbonyl (C=O) groups is 1. The van der Waals surface area contributed by atoms with Gasteiger partial charge in [0.1, 0.15) is 16.7 Å². The zero-order valence-electron chi connectivity index (χ0n) is 12.4. The Morgan fingerprint density at radius 3 is 2.76 bits per heavy atom. The van der Waals surface area contributed by atoms with Gasteiger partial charge in [-0.1, -0.05) is 13.0 Å². The largest absolute Gasteiger partial charge is 0.495 e. The van der Waals surface area contributed by atoms with Gasteiger partial charge in [-0.05, 0) is 31.0 Å². The van der Waals surface area contributed by atoms with Crippen LogP contribution in [0.2, 0.25) is 0 Å². The number of benzene rings is 1. The van der Waals surface area contributed by atoms with Crippen molar-refractivity contribution in [3.63, 3.8) is 0 Å². The number of nitrogens with zero attached hydrogens (tertiary/aromatic N) is 1. The van der Waals surface area contributed by atoms with E-state index in [0.29, 0.717) is 18.7 Å². The fraction of sp³-hybridized carbons (Fsp3) is 0.500. The predicted octanol–water partition coefficient (Wildman–Crippen LogP) is 0.903. The smallest absolute Gasteiger partial charge is 0.247 e. The Hall–Kier alpha value is -1.60. The summed E-state index contributed by atoms with van der Waals surface area (Å²) in [6.07, 6.45) is 0.430. The molecule has 6 nitrogen and oxygen atoms in total. The van der Waals surface area contributed by atoms with E-state index in [2.05, 4.69) is 5.32 Å². The highest BCUT2D eigenvalue weighted by Gasteiger charge is 2.38. The van der Waals surface area contributed by atoms with Gasteiger partial charge in [-0.25, -0.2) is 8.42 Å². The van der Waals surface area contributed by atoms with E-state index in [9.17, 15) is 13.2 Å². The van der Waals surface area contributed by atoms with Crippen molar-refractivity contribution in [1.29, 1.82) is 0 Å². The molecule has 7 heteroatoms. The Balaban J connectivity index is 2.50.